The molecule has 2 unspecified atom stereocenters. The number of likely N-dealkylation sites (tertiary alicyclic amines) is 2. The van der Waals surface area contributed by atoms with Gasteiger partial charge in [0.05, 0.1) is 10.4 Å². The molecule has 0 radical (unpaired) electrons. The van der Waals surface area contributed by atoms with Crippen molar-refractivity contribution >= 4 is 23.2 Å². The summed E-state index contributed by atoms with van der Waals surface area (Å²) in [7, 11) is 2.15. The number of thiophene rings is 1. The van der Waals surface area contributed by atoms with Crippen molar-refractivity contribution in [2.75, 3.05) is 20.1 Å². The minimum absolute atomic E-state index is 0.0512. The van der Waals surface area contributed by atoms with E-state index in [9.17, 15) is 9.59 Å². The Labute approximate surface area is 128 Å². The second-order valence-corrected chi connectivity index (χ2v) is 6.87. The number of carbonyl (C=O) groups excluding carboxylic acids is 2. The smallest absolute Gasteiger partial charge is 0.264 e. The largest absolute Gasteiger partial charge is 0.366 e. The molecule has 5 nitrogen and oxygen atoms in total. The van der Waals surface area contributed by atoms with Gasteiger partial charge in [0.25, 0.3) is 5.91 Å². The van der Waals surface area contributed by atoms with Gasteiger partial charge in [-0.15, -0.1) is 11.3 Å². The summed E-state index contributed by atoms with van der Waals surface area (Å²) >= 11 is 1.31. The summed E-state index contributed by atoms with van der Waals surface area (Å²) in [5.74, 6) is -0.422. The molecule has 1 aromatic heterocycles. The molecule has 0 spiro atoms. The minimum Gasteiger partial charge on any atom is -0.366 e. The molecule has 2 amide bonds. The van der Waals surface area contributed by atoms with Crippen LogP contribution in [0.3, 0.4) is 0 Å². The maximum absolute atomic E-state index is 12.7. The summed E-state index contributed by atoms with van der Waals surface area (Å²) in [5.41, 5.74) is 5.69. The van der Waals surface area contributed by atoms with Crippen LogP contribution in [0.2, 0.25) is 0 Å². The molecular weight excluding hydrogens is 286 g/mol. The van der Waals surface area contributed by atoms with Crippen molar-refractivity contribution in [3.05, 3.63) is 21.9 Å². The predicted molar refractivity (Wildman–Crippen MR) is 82.5 cm³/mol. The van der Waals surface area contributed by atoms with E-state index in [1.165, 1.54) is 24.2 Å². The number of carbonyl (C=O) groups is 2. The fraction of sp³-hybridized carbons (Fsp3) is 0.600. The minimum atomic E-state index is -0.473. The molecule has 2 N–H and O–H groups in total. The number of primary amides is 1. The molecule has 2 aliphatic rings. The van der Waals surface area contributed by atoms with Crippen molar-refractivity contribution in [2.45, 2.75) is 37.8 Å². The number of hydrogen-bond acceptors (Lipinski definition) is 4. The van der Waals surface area contributed by atoms with E-state index in [1.54, 1.807) is 11.4 Å². The third-order valence-electron chi connectivity index (χ3n) is 4.68. The Balaban J connectivity index is 1.77. The van der Waals surface area contributed by atoms with Crippen LogP contribution in [0.25, 0.3) is 0 Å². The van der Waals surface area contributed by atoms with Gasteiger partial charge >= 0.3 is 0 Å². The maximum atomic E-state index is 12.7. The fourth-order valence-electron chi connectivity index (χ4n) is 3.59. The average Bonchev–Trinajstić information content (AvgIpc) is 3.17. The lowest BCUT2D eigenvalue weighted by Gasteiger charge is -2.33. The molecule has 3 heterocycles. The highest BCUT2D eigenvalue weighted by molar-refractivity contribution is 7.12. The fourth-order valence-corrected chi connectivity index (χ4v) is 4.44. The molecule has 2 fully saturated rings. The maximum Gasteiger partial charge on any atom is 0.264 e. The molecule has 0 saturated carbocycles. The first-order valence-corrected chi connectivity index (χ1v) is 8.35. The van der Waals surface area contributed by atoms with E-state index < -0.39 is 5.91 Å². The Kier molecular flexibility index (Phi) is 3.99. The Hall–Kier alpha value is -1.40. The third-order valence-corrected chi connectivity index (χ3v) is 5.59. The number of rotatable bonds is 3. The Morgan fingerprint density at radius 3 is 2.57 bits per heavy atom. The number of nitrogens with two attached hydrogens (primary N) is 1. The van der Waals surface area contributed by atoms with Crippen LogP contribution in [0.5, 0.6) is 0 Å². The number of nitrogens with zero attached hydrogens (tertiary/aromatic N) is 2. The van der Waals surface area contributed by atoms with Gasteiger partial charge in [-0.25, -0.2) is 0 Å². The number of amides is 2. The Bertz CT molecular complexity index is 557. The third kappa shape index (κ3) is 2.70. The zero-order valence-corrected chi connectivity index (χ0v) is 13.1. The van der Waals surface area contributed by atoms with E-state index in [4.69, 9.17) is 5.73 Å². The standard InChI is InChI=1S/C15H21N3O2S/c1-17-6-2-4-11(17)12-5-3-7-18(12)15(20)13-8-10(9-21-13)14(16)19/h8-9,11-12H,2-7H2,1H3,(H2,16,19). The highest BCUT2D eigenvalue weighted by Gasteiger charge is 2.38. The van der Waals surface area contributed by atoms with Gasteiger partial charge in [0.1, 0.15) is 0 Å². The lowest BCUT2D eigenvalue weighted by atomic mass is 10.0. The highest BCUT2D eigenvalue weighted by Crippen LogP contribution is 2.31. The van der Waals surface area contributed by atoms with E-state index in [2.05, 4.69) is 11.9 Å². The van der Waals surface area contributed by atoms with Gasteiger partial charge in [-0.3, -0.25) is 9.59 Å². The van der Waals surface area contributed by atoms with Gasteiger partial charge in [-0.2, -0.15) is 0 Å². The van der Waals surface area contributed by atoms with E-state index in [0.717, 1.165) is 25.9 Å². The van der Waals surface area contributed by atoms with Crippen molar-refractivity contribution < 1.29 is 9.59 Å². The van der Waals surface area contributed by atoms with Crippen LogP contribution in [0.1, 0.15) is 45.7 Å². The first-order chi connectivity index (χ1) is 10.1. The normalized spacial score (nSPS) is 26.4. The van der Waals surface area contributed by atoms with Crippen molar-refractivity contribution in [3.8, 4) is 0 Å². The van der Waals surface area contributed by atoms with Gasteiger partial charge in [0, 0.05) is 24.0 Å². The van der Waals surface area contributed by atoms with Crippen LogP contribution in [0.4, 0.5) is 0 Å². The van der Waals surface area contributed by atoms with Crippen LogP contribution >= 0.6 is 11.3 Å². The van der Waals surface area contributed by atoms with Crippen molar-refractivity contribution in [3.63, 3.8) is 0 Å². The summed E-state index contributed by atoms with van der Waals surface area (Å²) in [4.78, 5) is 28.9. The Morgan fingerprint density at radius 1 is 1.24 bits per heavy atom. The quantitative estimate of drug-likeness (QED) is 0.921. The summed E-state index contributed by atoms with van der Waals surface area (Å²) in [6.07, 6.45) is 4.52. The molecule has 0 aliphatic carbocycles. The zero-order chi connectivity index (χ0) is 15.0. The Morgan fingerprint density at radius 2 is 1.95 bits per heavy atom. The van der Waals surface area contributed by atoms with Crippen molar-refractivity contribution in [1.82, 2.24) is 9.80 Å². The summed E-state index contributed by atoms with van der Waals surface area (Å²) < 4.78 is 0. The number of likely N-dealkylation sites (N-methyl/N-ethyl adjacent to an activating group) is 1. The van der Waals surface area contributed by atoms with E-state index >= 15 is 0 Å². The van der Waals surface area contributed by atoms with Gasteiger partial charge < -0.3 is 15.5 Å². The van der Waals surface area contributed by atoms with E-state index in [1.807, 2.05) is 4.90 Å². The lowest BCUT2D eigenvalue weighted by molar-refractivity contribution is 0.0669. The summed E-state index contributed by atoms with van der Waals surface area (Å²) in [5, 5.41) is 1.67. The molecule has 2 atom stereocenters. The summed E-state index contributed by atoms with van der Waals surface area (Å²) in [6, 6.07) is 2.42. The predicted octanol–water partition coefficient (Wildman–Crippen LogP) is 1.55. The average molecular weight is 307 g/mol. The lowest BCUT2D eigenvalue weighted by Crippen LogP contribution is -2.46. The van der Waals surface area contributed by atoms with Crippen LogP contribution < -0.4 is 5.73 Å². The summed E-state index contributed by atoms with van der Waals surface area (Å²) in [6.45, 7) is 1.94. The second kappa shape index (κ2) is 5.77. The van der Waals surface area contributed by atoms with E-state index in [0.29, 0.717) is 22.5 Å². The molecule has 114 valence electrons. The molecule has 2 saturated heterocycles. The molecule has 0 bridgehead atoms. The topological polar surface area (TPSA) is 66.6 Å². The molecule has 0 aromatic carbocycles. The van der Waals surface area contributed by atoms with Crippen LogP contribution in [0, 0.1) is 0 Å². The highest BCUT2D eigenvalue weighted by atomic mass is 32.1. The molecule has 6 heteroatoms. The SMILES string of the molecule is CN1CCCC1C1CCCN1C(=O)c1cc(C(N)=O)cs1. The molecule has 21 heavy (non-hydrogen) atoms. The van der Waals surface area contributed by atoms with Gasteiger partial charge in [0.2, 0.25) is 5.91 Å². The van der Waals surface area contributed by atoms with Gasteiger partial charge in [-0.05, 0) is 45.3 Å². The molecular formula is C15H21N3O2S. The van der Waals surface area contributed by atoms with Gasteiger partial charge in [-0.1, -0.05) is 0 Å². The van der Waals surface area contributed by atoms with Crippen LogP contribution in [-0.4, -0.2) is 53.8 Å². The second-order valence-electron chi connectivity index (χ2n) is 5.96. The van der Waals surface area contributed by atoms with Crippen molar-refractivity contribution in [2.24, 2.45) is 5.73 Å². The molecule has 3 rings (SSSR count). The van der Waals surface area contributed by atoms with Crippen LogP contribution in [-0.2, 0) is 0 Å². The van der Waals surface area contributed by atoms with Crippen LogP contribution in [0.15, 0.2) is 11.4 Å². The van der Waals surface area contributed by atoms with Gasteiger partial charge in [0.15, 0.2) is 0 Å². The number of hydrogen-bond donors (Lipinski definition) is 1. The molecule has 2 aliphatic heterocycles. The van der Waals surface area contributed by atoms with Crippen molar-refractivity contribution in [1.29, 1.82) is 0 Å². The molecule has 1 aromatic rings. The van der Waals surface area contributed by atoms with E-state index in [-0.39, 0.29) is 5.91 Å². The first kappa shape index (κ1) is 14.5. The first-order valence-electron chi connectivity index (χ1n) is 7.47. The zero-order valence-electron chi connectivity index (χ0n) is 12.2. The monoisotopic (exact) mass is 307 g/mol.